The number of carbonyl (C=O) groups excluding carboxylic acids is 1. The third-order valence-corrected chi connectivity index (χ3v) is 5.15. The number of benzene rings is 2. The van der Waals surface area contributed by atoms with E-state index >= 15 is 0 Å². The molecule has 0 aliphatic carbocycles. The number of nitrogens with one attached hydrogen (secondary N) is 2. The van der Waals surface area contributed by atoms with Gasteiger partial charge in [0.1, 0.15) is 0 Å². The molecule has 0 unspecified atom stereocenters. The van der Waals surface area contributed by atoms with Gasteiger partial charge in [-0.25, -0.2) is 8.42 Å². The number of hydrogen-bond acceptors (Lipinski definition) is 5. The van der Waals surface area contributed by atoms with Crippen molar-refractivity contribution in [2.24, 2.45) is 0 Å². The highest BCUT2D eigenvalue weighted by Gasteiger charge is 2.15. The molecule has 0 atom stereocenters. The number of anilines is 2. The van der Waals surface area contributed by atoms with E-state index in [1.165, 1.54) is 36.4 Å². The Bertz CT molecular complexity index is 1070. The van der Waals surface area contributed by atoms with Crippen molar-refractivity contribution < 1.29 is 13.2 Å². The van der Waals surface area contributed by atoms with Gasteiger partial charge in [0, 0.05) is 11.3 Å². The lowest BCUT2D eigenvalue weighted by Crippen LogP contribution is -2.15. The molecule has 1 heterocycles. The number of sulfonamides is 1. The average molecular weight is 403 g/mol. The van der Waals surface area contributed by atoms with Crippen LogP contribution in [0.15, 0.2) is 65.6 Å². The molecule has 3 rings (SSSR count). The highest BCUT2D eigenvalue weighted by atomic mass is 35.5. The SMILES string of the molecule is Cc1cccc(C(=O)Nc2ccc(S(=O)(=O)Nc3ccc(Cl)nn3)cc2)c1. The van der Waals surface area contributed by atoms with Gasteiger partial charge in [-0.2, -0.15) is 0 Å². The fraction of sp³-hybridized carbons (Fsp3) is 0.0556. The minimum atomic E-state index is -3.84. The van der Waals surface area contributed by atoms with Crippen molar-refractivity contribution in [3.05, 3.63) is 76.9 Å². The molecule has 2 aromatic carbocycles. The van der Waals surface area contributed by atoms with Crippen LogP contribution in [-0.4, -0.2) is 24.5 Å². The van der Waals surface area contributed by atoms with Gasteiger partial charge in [-0.05, 0) is 55.5 Å². The normalized spacial score (nSPS) is 11.0. The molecule has 0 radical (unpaired) electrons. The minimum Gasteiger partial charge on any atom is -0.322 e. The Morgan fingerprint density at radius 2 is 1.74 bits per heavy atom. The lowest BCUT2D eigenvalue weighted by molar-refractivity contribution is 0.102. The highest BCUT2D eigenvalue weighted by Crippen LogP contribution is 2.18. The third-order valence-electron chi connectivity index (χ3n) is 3.57. The fourth-order valence-electron chi connectivity index (χ4n) is 2.27. The number of halogens is 1. The van der Waals surface area contributed by atoms with E-state index in [1.54, 1.807) is 18.2 Å². The molecule has 9 heteroatoms. The molecule has 0 spiro atoms. The minimum absolute atomic E-state index is 0.0211. The van der Waals surface area contributed by atoms with Crippen LogP contribution in [-0.2, 0) is 10.0 Å². The standard InChI is InChI=1S/C18H15ClN4O3S/c1-12-3-2-4-13(11-12)18(24)20-14-5-7-15(8-6-14)27(25,26)23-17-10-9-16(19)21-22-17/h2-11H,1H3,(H,20,24)(H,22,23). The Hall–Kier alpha value is -2.97. The van der Waals surface area contributed by atoms with Crippen LogP contribution in [0.3, 0.4) is 0 Å². The second-order valence-electron chi connectivity index (χ2n) is 5.69. The summed E-state index contributed by atoms with van der Waals surface area (Å²) in [5.41, 5.74) is 1.97. The van der Waals surface area contributed by atoms with E-state index in [2.05, 4.69) is 20.2 Å². The highest BCUT2D eigenvalue weighted by molar-refractivity contribution is 7.92. The molecule has 27 heavy (non-hydrogen) atoms. The van der Waals surface area contributed by atoms with Gasteiger partial charge in [-0.3, -0.25) is 9.52 Å². The van der Waals surface area contributed by atoms with Crippen molar-refractivity contribution in [1.82, 2.24) is 10.2 Å². The molecule has 7 nitrogen and oxygen atoms in total. The third kappa shape index (κ3) is 4.81. The lowest BCUT2D eigenvalue weighted by atomic mass is 10.1. The van der Waals surface area contributed by atoms with Gasteiger partial charge in [-0.15, -0.1) is 10.2 Å². The second-order valence-corrected chi connectivity index (χ2v) is 7.76. The summed E-state index contributed by atoms with van der Waals surface area (Å²) in [6.45, 7) is 1.90. The Kier molecular flexibility index (Phi) is 5.38. The molecule has 0 bridgehead atoms. The number of rotatable bonds is 5. The molecule has 3 aromatic rings. The Morgan fingerprint density at radius 3 is 2.37 bits per heavy atom. The number of hydrogen-bond donors (Lipinski definition) is 2. The van der Waals surface area contributed by atoms with Crippen LogP contribution in [0.25, 0.3) is 0 Å². The van der Waals surface area contributed by atoms with Gasteiger partial charge in [0.2, 0.25) is 0 Å². The number of aromatic nitrogens is 2. The number of nitrogens with zero attached hydrogens (tertiary/aromatic N) is 2. The van der Waals surface area contributed by atoms with Crippen LogP contribution in [0.4, 0.5) is 11.5 Å². The summed E-state index contributed by atoms with van der Waals surface area (Å²) in [4.78, 5) is 12.3. The van der Waals surface area contributed by atoms with E-state index < -0.39 is 10.0 Å². The average Bonchev–Trinajstić information content (AvgIpc) is 2.64. The predicted molar refractivity (Wildman–Crippen MR) is 103 cm³/mol. The predicted octanol–water partition coefficient (Wildman–Crippen LogP) is 3.49. The first-order valence-electron chi connectivity index (χ1n) is 7.84. The summed E-state index contributed by atoms with van der Waals surface area (Å²) in [5, 5.41) is 10.1. The summed E-state index contributed by atoms with van der Waals surface area (Å²) in [6, 6.07) is 15.8. The quantitative estimate of drug-likeness (QED) is 0.680. The zero-order valence-electron chi connectivity index (χ0n) is 14.2. The summed E-state index contributed by atoms with van der Waals surface area (Å²) in [7, 11) is -3.84. The molecule has 1 amide bonds. The smallest absolute Gasteiger partial charge is 0.263 e. The van der Waals surface area contributed by atoms with E-state index in [0.29, 0.717) is 11.3 Å². The van der Waals surface area contributed by atoms with Crippen LogP contribution >= 0.6 is 11.6 Å². The van der Waals surface area contributed by atoms with Crippen LogP contribution in [0.2, 0.25) is 5.15 Å². The maximum absolute atomic E-state index is 12.4. The largest absolute Gasteiger partial charge is 0.322 e. The van der Waals surface area contributed by atoms with Gasteiger partial charge >= 0.3 is 0 Å². The number of aryl methyl sites for hydroxylation is 1. The van der Waals surface area contributed by atoms with Gasteiger partial charge < -0.3 is 5.32 Å². The van der Waals surface area contributed by atoms with Crippen LogP contribution in [0.5, 0.6) is 0 Å². The van der Waals surface area contributed by atoms with Crippen LogP contribution in [0.1, 0.15) is 15.9 Å². The topological polar surface area (TPSA) is 101 Å². The van der Waals surface area contributed by atoms with E-state index in [-0.39, 0.29) is 21.8 Å². The van der Waals surface area contributed by atoms with Crippen molar-refractivity contribution in [2.75, 3.05) is 10.0 Å². The van der Waals surface area contributed by atoms with Crippen molar-refractivity contribution in [2.45, 2.75) is 11.8 Å². The zero-order valence-corrected chi connectivity index (χ0v) is 15.8. The van der Waals surface area contributed by atoms with E-state index in [1.807, 2.05) is 13.0 Å². The molecule has 1 aromatic heterocycles. The first-order valence-corrected chi connectivity index (χ1v) is 9.70. The molecule has 0 saturated carbocycles. The molecule has 2 N–H and O–H groups in total. The number of amides is 1. The fourth-order valence-corrected chi connectivity index (χ4v) is 3.37. The Morgan fingerprint density at radius 1 is 1.00 bits per heavy atom. The molecular weight excluding hydrogens is 388 g/mol. The first kappa shape index (κ1) is 18.8. The van der Waals surface area contributed by atoms with E-state index in [4.69, 9.17) is 11.6 Å². The molecule has 0 aliphatic heterocycles. The van der Waals surface area contributed by atoms with Crippen LogP contribution in [0, 0.1) is 6.92 Å². The molecule has 138 valence electrons. The summed E-state index contributed by atoms with van der Waals surface area (Å²) >= 11 is 5.63. The van der Waals surface area contributed by atoms with Crippen LogP contribution < -0.4 is 10.0 Å². The van der Waals surface area contributed by atoms with Gasteiger partial charge in [0.15, 0.2) is 11.0 Å². The maximum Gasteiger partial charge on any atom is 0.263 e. The molecule has 0 fully saturated rings. The summed E-state index contributed by atoms with van der Waals surface area (Å²) < 4.78 is 27.1. The maximum atomic E-state index is 12.4. The van der Waals surface area contributed by atoms with Gasteiger partial charge in [0.25, 0.3) is 15.9 Å². The van der Waals surface area contributed by atoms with E-state index in [9.17, 15) is 13.2 Å². The first-order chi connectivity index (χ1) is 12.8. The van der Waals surface area contributed by atoms with E-state index in [0.717, 1.165) is 5.56 Å². The molecular formula is C18H15ClN4O3S. The summed E-state index contributed by atoms with van der Waals surface area (Å²) in [6.07, 6.45) is 0. The van der Waals surface area contributed by atoms with Crippen molar-refractivity contribution >= 4 is 39.0 Å². The Labute approximate surface area is 161 Å². The van der Waals surface area contributed by atoms with Gasteiger partial charge in [0.05, 0.1) is 4.90 Å². The zero-order chi connectivity index (χ0) is 19.4. The second kappa shape index (κ2) is 7.73. The van der Waals surface area contributed by atoms with Crippen molar-refractivity contribution in [3.8, 4) is 0 Å². The molecule has 0 aliphatic rings. The monoisotopic (exact) mass is 402 g/mol. The lowest BCUT2D eigenvalue weighted by Gasteiger charge is -2.09. The Balaban J connectivity index is 1.72. The van der Waals surface area contributed by atoms with Gasteiger partial charge in [-0.1, -0.05) is 29.3 Å². The summed E-state index contributed by atoms with van der Waals surface area (Å²) in [5.74, 6) is -0.222. The number of carbonyl (C=O) groups is 1. The van der Waals surface area contributed by atoms with Crippen molar-refractivity contribution in [1.29, 1.82) is 0 Å². The molecule has 0 saturated heterocycles. The van der Waals surface area contributed by atoms with Crippen molar-refractivity contribution in [3.63, 3.8) is 0 Å².